The maximum Gasteiger partial charge on any atom is 0.250 e. The van der Waals surface area contributed by atoms with Crippen molar-refractivity contribution in [1.82, 2.24) is 5.43 Å². The average molecular weight is 349 g/mol. The number of hydrogen-bond donors (Lipinski definition) is 1. The van der Waals surface area contributed by atoms with E-state index in [2.05, 4.69) is 10.5 Å². The van der Waals surface area contributed by atoms with Gasteiger partial charge in [0.2, 0.25) is 5.91 Å². The van der Waals surface area contributed by atoms with Crippen LogP contribution in [0.1, 0.15) is 11.1 Å². The van der Waals surface area contributed by atoms with Crippen molar-refractivity contribution in [2.45, 2.75) is 11.8 Å². The fourth-order valence-corrected chi connectivity index (χ4v) is 2.69. The van der Waals surface area contributed by atoms with Gasteiger partial charge in [0, 0.05) is 9.92 Å². The van der Waals surface area contributed by atoms with Gasteiger partial charge >= 0.3 is 0 Å². The molecule has 2 rings (SSSR count). The van der Waals surface area contributed by atoms with Gasteiger partial charge in [-0.15, -0.1) is 11.8 Å². The molecule has 4 nitrogen and oxygen atoms in total. The molecule has 0 aliphatic carbocycles. The van der Waals surface area contributed by atoms with Crippen LogP contribution in [0, 0.1) is 6.92 Å². The number of carbonyl (C=O) groups excluding carboxylic acids is 1. The Hall–Kier alpha value is -1.98. The van der Waals surface area contributed by atoms with E-state index in [0.29, 0.717) is 10.8 Å². The molecule has 23 heavy (non-hydrogen) atoms. The lowest BCUT2D eigenvalue weighted by Gasteiger charge is -2.04. The van der Waals surface area contributed by atoms with E-state index >= 15 is 0 Å². The van der Waals surface area contributed by atoms with Crippen LogP contribution in [0.3, 0.4) is 0 Å². The predicted octanol–water partition coefficient (Wildman–Crippen LogP) is 3.90. The highest BCUT2D eigenvalue weighted by molar-refractivity contribution is 8.00. The van der Waals surface area contributed by atoms with E-state index < -0.39 is 0 Å². The maximum absolute atomic E-state index is 11.7. The van der Waals surface area contributed by atoms with Gasteiger partial charge in [0.25, 0.3) is 0 Å². The summed E-state index contributed by atoms with van der Waals surface area (Å²) in [6.07, 6.45) is 1.61. The van der Waals surface area contributed by atoms with Crippen LogP contribution in [-0.4, -0.2) is 25.0 Å². The zero-order chi connectivity index (χ0) is 16.7. The Morgan fingerprint density at radius 2 is 2.04 bits per heavy atom. The Balaban J connectivity index is 1.81. The zero-order valence-electron chi connectivity index (χ0n) is 12.9. The van der Waals surface area contributed by atoms with Gasteiger partial charge in [-0.25, -0.2) is 5.43 Å². The van der Waals surface area contributed by atoms with Crippen molar-refractivity contribution in [2.24, 2.45) is 5.10 Å². The largest absolute Gasteiger partial charge is 0.496 e. The third kappa shape index (κ3) is 5.62. The van der Waals surface area contributed by atoms with E-state index in [1.807, 2.05) is 37.3 Å². The normalized spacial score (nSPS) is 10.7. The van der Waals surface area contributed by atoms with Crippen LogP contribution in [-0.2, 0) is 4.79 Å². The topological polar surface area (TPSA) is 50.7 Å². The van der Waals surface area contributed by atoms with Gasteiger partial charge in [0.1, 0.15) is 5.75 Å². The van der Waals surface area contributed by atoms with Crippen molar-refractivity contribution in [1.29, 1.82) is 0 Å². The fourth-order valence-electron chi connectivity index (χ4n) is 1.87. The Bertz CT molecular complexity index is 702. The molecule has 0 aromatic heterocycles. The van der Waals surface area contributed by atoms with Gasteiger partial charge in [0.05, 0.1) is 19.1 Å². The molecule has 0 heterocycles. The summed E-state index contributed by atoms with van der Waals surface area (Å²) >= 11 is 7.25. The highest BCUT2D eigenvalue weighted by Gasteiger charge is 2.02. The molecule has 0 radical (unpaired) electrons. The first kappa shape index (κ1) is 17.4. The maximum atomic E-state index is 11.7. The van der Waals surface area contributed by atoms with E-state index in [1.165, 1.54) is 11.8 Å². The molecule has 2 aromatic carbocycles. The Kier molecular flexibility index (Phi) is 6.50. The van der Waals surface area contributed by atoms with Gasteiger partial charge in [-0.05, 0) is 60.5 Å². The van der Waals surface area contributed by atoms with Crippen LogP contribution in [0.2, 0.25) is 5.02 Å². The predicted molar refractivity (Wildman–Crippen MR) is 95.6 cm³/mol. The molecule has 1 amide bonds. The van der Waals surface area contributed by atoms with E-state index in [-0.39, 0.29) is 5.91 Å². The number of hydrazone groups is 1. The van der Waals surface area contributed by atoms with Crippen LogP contribution in [0.15, 0.2) is 52.5 Å². The lowest BCUT2D eigenvalue weighted by Crippen LogP contribution is -2.19. The van der Waals surface area contributed by atoms with Crippen molar-refractivity contribution in [3.8, 4) is 5.75 Å². The zero-order valence-corrected chi connectivity index (χ0v) is 14.4. The van der Waals surface area contributed by atoms with E-state index in [0.717, 1.165) is 21.8 Å². The standard InChI is InChI=1S/C17H17ClN2O2S/c1-12-9-13(3-8-16(12)22-2)10-19-20-17(21)11-23-15-6-4-14(18)5-7-15/h3-10H,11H2,1-2H3,(H,20,21)/b19-10-. The number of hydrogen-bond acceptors (Lipinski definition) is 4. The monoisotopic (exact) mass is 348 g/mol. The highest BCUT2D eigenvalue weighted by atomic mass is 35.5. The van der Waals surface area contributed by atoms with Crippen molar-refractivity contribution >= 4 is 35.5 Å². The summed E-state index contributed by atoms with van der Waals surface area (Å²) in [5.74, 6) is 0.956. The Morgan fingerprint density at radius 1 is 1.30 bits per heavy atom. The summed E-state index contributed by atoms with van der Waals surface area (Å²) in [5.41, 5.74) is 4.43. The van der Waals surface area contributed by atoms with Crippen LogP contribution in [0.5, 0.6) is 5.75 Å². The molecule has 0 saturated carbocycles. The lowest BCUT2D eigenvalue weighted by atomic mass is 10.1. The molecule has 0 atom stereocenters. The van der Waals surface area contributed by atoms with Crippen LogP contribution >= 0.6 is 23.4 Å². The van der Waals surface area contributed by atoms with Crippen molar-refractivity contribution in [2.75, 3.05) is 12.9 Å². The molecular formula is C17H17ClN2O2S. The van der Waals surface area contributed by atoms with E-state index in [9.17, 15) is 4.79 Å². The van der Waals surface area contributed by atoms with Crippen molar-refractivity contribution in [3.05, 3.63) is 58.6 Å². The Labute approximate surface area is 144 Å². The minimum absolute atomic E-state index is 0.161. The van der Waals surface area contributed by atoms with E-state index in [1.54, 1.807) is 25.5 Å². The number of rotatable bonds is 6. The number of aryl methyl sites for hydroxylation is 1. The average Bonchev–Trinajstić information content (AvgIpc) is 2.54. The van der Waals surface area contributed by atoms with Gasteiger partial charge in [-0.1, -0.05) is 11.6 Å². The molecular weight excluding hydrogens is 332 g/mol. The number of carbonyl (C=O) groups is 1. The summed E-state index contributed by atoms with van der Waals surface area (Å²) in [5, 5.41) is 4.64. The fraction of sp³-hybridized carbons (Fsp3) is 0.176. The number of nitrogens with one attached hydrogen (secondary N) is 1. The quantitative estimate of drug-likeness (QED) is 0.489. The number of nitrogens with zero attached hydrogens (tertiary/aromatic N) is 1. The molecule has 0 fully saturated rings. The van der Waals surface area contributed by atoms with Crippen LogP contribution in [0.25, 0.3) is 0 Å². The van der Waals surface area contributed by atoms with Crippen molar-refractivity contribution in [3.63, 3.8) is 0 Å². The van der Waals surface area contributed by atoms with Gasteiger partial charge in [-0.3, -0.25) is 4.79 Å². The summed E-state index contributed by atoms with van der Waals surface area (Å²) in [6, 6.07) is 13.0. The number of amides is 1. The third-order valence-corrected chi connectivity index (χ3v) is 4.27. The molecule has 0 aliphatic heterocycles. The second-order valence-corrected chi connectivity index (χ2v) is 6.25. The molecule has 0 aliphatic rings. The minimum Gasteiger partial charge on any atom is -0.496 e. The van der Waals surface area contributed by atoms with Gasteiger partial charge in [0.15, 0.2) is 0 Å². The number of halogens is 1. The summed E-state index contributed by atoms with van der Waals surface area (Å²) < 4.78 is 5.20. The molecule has 6 heteroatoms. The summed E-state index contributed by atoms with van der Waals surface area (Å²) in [6.45, 7) is 1.96. The minimum atomic E-state index is -0.161. The smallest absolute Gasteiger partial charge is 0.250 e. The van der Waals surface area contributed by atoms with Gasteiger partial charge < -0.3 is 4.74 Å². The number of thioether (sulfide) groups is 1. The molecule has 0 bridgehead atoms. The first-order valence-electron chi connectivity index (χ1n) is 6.93. The second kappa shape index (κ2) is 8.60. The summed E-state index contributed by atoms with van der Waals surface area (Å²) in [4.78, 5) is 12.7. The van der Waals surface area contributed by atoms with Crippen LogP contribution in [0.4, 0.5) is 0 Å². The molecule has 0 spiro atoms. The lowest BCUT2D eigenvalue weighted by molar-refractivity contribution is -0.118. The highest BCUT2D eigenvalue weighted by Crippen LogP contribution is 2.20. The number of methoxy groups -OCH3 is 1. The Morgan fingerprint density at radius 3 is 2.70 bits per heavy atom. The van der Waals surface area contributed by atoms with Crippen LogP contribution < -0.4 is 10.2 Å². The van der Waals surface area contributed by atoms with Crippen molar-refractivity contribution < 1.29 is 9.53 Å². The molecule has 0 unspecified atom stereocenters. The second-order valence-electron chi connectivity index (χ2n) is 4.76. The first-order chi connectivity index (χ1) is 11.1. The molecule has 1 N–H and O–H groups in total. The summed E-state index contributed by atoms with van der Waals surface area (Å²) in [7, 11) is 1.63. The van der Waals surface area contributed by atoms with E-state index in [4.69, 9.17) is 16.3 Å². The molecule has 0 saturated heterocycles. The number of ether oxygens (including phenoxy) is 1. The number of benzene rings is 2. The SMILES string of the molecule is COc1ccc(/C=N\NC(=O)CSc2ccc(Cl)cc2)cc1C. The third-order valence-electron chi connectivity index (χ3n) is 3.01. The van der Waals surface area contributed by atoms with Gasteiger partial charge in [-0.2, -0.15) is 5.10 Å². The molecule has 120 valence electrons. The first-order valence-corrected chi connectivity index (χ1v) is 8.30. The molecule has 2 aromatic rings.